The summed E-state index contributed by atoms with van der Waals surface area (Å²) in [5, 5.41) is 21.9. The smallest absolute Gasteiger partial charge is 0.322 e. The molecule has 0 aliphatic carbocycles. The standard InChI is InChI=1S/C17H11BrClN3O5/c18-16-13-10(15(25)14(22-16)17(26)20-7-12(23)24)5-6-11(21-13)27-9-3-1-8(19)2-4-9/h1-6,25H,7H2,(H,20,26)(H,23,24). The van der Waals surface area contributed by atoms with Crippen molar-refractivity contribution in [3.05, 3.63) is 51.7 Å². The van der Waals surface area contributed by atoms with Crippen molar-refractivity contribution in [3.63, 3.8) is 0 Å². The summed E-state index contributed by atoms with van der Waals surface area (Å²) in [6.07, 6.45) is 0. The highest BCUT2D eigenvalue weighted by atomic mass is 79.9. The van der Waals surface area contributed by atoms with E-state index in [9.17, 15) is 14.7 Å². The van der Waals surface area contributed by atoms with Gasteiger partial charge < -0.3 is 20.3 Å². The Kier molecular flexibility index (Phi) is 5.43. The summed E-state index contributed by atoms with van der Waals surface area (Å²) in [4.78, 5) is 30.8. The maximum atomic E-state index is 12.0. The second kappa shape index (κ2) is 7.77. The van der Waals surface area contributed by atoms with Crippen LogP contribution in [0.1, 0.15) is 10.5 Å². The van der Waals surface area contributed by atoms with E-state index in [1.807, 2.05) is 0 Å². The summed E-state index contributed by atoms with van der Waals surface area (Å²) < 4.78 is 5.83. The average molecular weight is 453 g/mol. The predicted octanol–water partition coefficient (Wildman–Crippen LogP) is 3.36. The minimum atomic E-state index is -1.21. The van der Waals surface area contributed by atoms with Gasteiger partial charge in [-0.25, -0.2) is 9.97 Å². The molecule has 0 fully saturated rings. The van der Waals surface area contributed by atoms with Gasteiger partial charge in [-0.2, -0.15) is 0 Å². The first-order valence-electron chi connectivity index (χ1n) is 7.48. The molecule has 1 aromatic carbocycles. The van der Waals surface area contributed by atoms with E-state index in [-0.39, 0.29) is 27.1 Å². The number of amides is 1. The van der Waals surface area contributed by atoms with Crippen molar-refractivity contribution in [3.8, 4) is 17.4 Å². The molecule has 2 heterocycles. The highest BCUT2D eigenvalue weighted by Crippen LogP contribution is 2.33. The summed E-state index contributed by atoms with van der Waals surface area (Å²) in [7, 11) is 0. The molecule has 3 N–H and O–H groups in total. The molecule has 0 bridgehead atoms. The van der Waals surface area contributed by atoms with Crippen LogP contribution in [0.3, 0.4) is 0 Å². The lowest BCUT2D eigenvalue weighted by Crippen LogP contribution is -2.30. The Morgan fingerprint density at radius 1 is 1.15 bits per heavy atom. The van der Waals surface area contributed by atoms with Gasteiger partial charge in [0, 0.05) is 16.5 Å². The van der Waals surface area contributed by atoms with Crippen LogP contribution >= 0.6 is 27.5 Å². The van der Waals surface area contributed by atoms with Crippen molar-refractivity contribution >= 4 is 50.3 Å². The Balaban J connectivity index is 1.94. The molecular weight excluding hydrogens is 442 g/mol. The molecule has 3 rings (SSSR count). The average Bonchev–Trinajstić information content (AvgIpc) is 2.64. The van der Waals surface area contributed by atoms with Crippen LogP contribution in [0.4, 0.5) is 0 Å². The first kappa shape index (κ1) is 18.9. The molecule has 0 saturated heterocycles. The quantitative estimate of drug-likeness (QED) is 0.507. The Morgan fingerprint density at radius 2 is 1.85 bits per heavy atom. The molecule has 27 heavy (non-hydrogen) atoms. The molecule has 0 atom stereocenters. The monoisotopic (exact) mass is 451 g/mol. The number of carbonyl (C=O) groups is 2. The lowest BCUT2D eigenvalue weighted by molar-refractivity contribution is -0.135. The zero-order chi connectivity index (χ0) is 19.6. The molecule has 0 unspecified atom stereocenters. The van der Waals surface area contributed by atoms with Gasteiger partial charge in [-0.15, -0.1) is 0 Å². The number of nitrogens with one attached hydrogen (secondary N) is 1. The number of carboxylic acid groups (broad SMARTS) is 1. The van der Waals surface area contributed by atoms with Gasteiger partial charge in [-0.05, 0) is 46.3 Å². The van der Waals surface area contributed by atoms with E-state index in [1.165, 1.54) is 12.1 Å². The lowest BCUT2D eigenvalue weighted by Gasteiger charge is -2.10. The van der Waals surface area contributed by atoms with Gasteiger partial charge in [0.15, 0.2) is 11.4 Å². The second-order valence-corrected chi connectivity index (χ2v) is 6.47. The van der Waals surface area contributed by atoms with Gasteiger partial charge >= 0.3 is 5.97 Å². The van der Waals surface area contributed by atoms with Gasteiger partial charge in [0.1, 0.15) is 22.4 Å². The van der Waals surface area contributed by atoms with Gasteiger partial charge in [0.2, 0.25) is 5.88 Å². The molecule has 3 aromatic rings. The van der Waals surface area contributed by atoms with Gasteiger partial charge in [0.05, 0.1) is 0 Å². The molecule has 0 radical (unpaired) electrons. The van der Waals surface area contributed by atoms with Crippen molar-refractivity contribution < 1.29 is 24.5 Å². The molecule has 0 aliphatic rings. The summed E-state index contributed by atoms with van der Waals surface area (Å²) in [5.41, 5.74) is -0.0439. The largest absolute Gasteiger partial charge is 0.505 e. The minimum absolute atomic E-state index is 0.192. The number of ether oxygens (including phenoxy) is 1. The summed E-state index contributed by atoms with van der Waals surface area (Å²) >= 11 is 9.04. The Bertz CT molecular complexity index is 1040. The van der Waals surface area contributed by atoms with Crippen LogP contribution in [-0.2, 0) is 4.79 Å². The fourth-order valence-electron chi connectivity index (χ4n) is 2.20. The van der Waals surface area contributed by atoms with Crippen LogP contribution in [0, 0.1) is 0 Å². The third-order valence-corrected chi connectivity index (χ3v) is 4.21. The Hall–Kier alpha value is -2.91. The zero-order valence-corrected chi connectivity index (χ0v) is 15.8. The number of aliphatic carboxylic acids is 1. The summed E-state index contributed by atoms with van der Waals surface area (Å²) in [6, 6.07) is 9.72. The highest BCUT2D eigenvalue weighted by Gasteiger charge is 2.20. The lowest BCUT2D eigenvalue weighted by atomic mass is 10.2. The molecule has 8 nitrogen and oxygen atoms in total. The van der Waals surface area contributed by atoms with Gasteiger partial charge in [-0.1, -0.05) is 11.6 Å². The second-order valence-electron chi connectivity index (χ2n) is 5.28. The molecular formula is C17H11BrClN3O5. The van der Waals surface area contributed by atoms with Crippen molar-refractivity contribution in [1.29, 1.82) is 0 Å². The van der Waals surface area contributed by atoms with Crippen LogP contribution < -0.4 is 10.1 Å². The maximum absolute atomic E-state index is 12.0. The number of aromatic nitrogens is 2. The number of pyridine rings is 2. The number of hydrogen-bond donors (Lipinski definition) is 3. The first-order valence-corrected chi connectivity index (χ1v) is 8.65. The van der Waals surface area contributed by atoms with Gasteiger partial charge in [0.25, 0.3) is 5.91 Å². The number of halogens is 2. The van der Waals surface area contributed by atoms with Crippen LogP contribution in [-0.4, -0.2) is 38.6 Å². The number of rotatable bonds is 5. The molecule has 138 valence electrons. The zero-order valence-electron chi connectivity index (χ0n) is 13.4. The molecule has 10 heteroatoms. The Morgan fingerprint density at radius 3 is 2.52 bits per heavy atom. The van der Waals surface area contributed by atoms with E-state index in [0.29, 0.717) is 10.8 Å². The van der Waals surface area contributed by atoms with Crippen molar-refractivity contribution in [1.82, 2.24) is 15.3 Å². The number of aromatic hydroxyl groups is 1. The summed E-state index contributed by atoms with van der Waals surface area (Å²) in [6.45, 7) is -0.596. The van der Waals surface area contributed by atoms with Crippen LogP contribution in [0.15, 0.2) is 41.0 Å². The van der Waals surface area contributed by atoms with E-state index >= 15 is 0 Å². The van der Waals surface area contributed by atoms with E-state index in [2.05, 4.69) is 31.2 Å². The van der Waals surface area contributed by atoms with Crippen LogP contribution in [0.2, 0.25) is 5.02 Å². The molecule has 0 saturated carbocycles. The normalized spacial score (nSPS) is 10.6. The number of fused-ring (bicyclic) bond motifs is 1. The summed E-state index contributed by atoms with van der Waals surface area (Å²) in [5.74, 6) is -1.69. The number of benzene rings is 1. The predicted molar refractivity (Wildman–Crippen MR) is 100 cm³/mol. The van der Waals surface area contributed by atoms with E-state index in [1.54, 1.807) is 24.3 Å². The minimum Gasteiger partial charge on any atom is -0.505 e. The van der Waals surface area contributed by atoms with Crippen LogP contribution in [0.25, 0.3) is 10.9 Å². The van der Waals surface area contributed by atoms with E-state index in [4.69, 9.17) is 21.4 Å². The number of nitrogens with zero attached hydrogens (tertiary/aromatic N) is 2. The molecule has 0 spiro atoms. The van der Waals surface area contributed by atoms with E-state index < -0.39 is 24.2 Å². The fourth-order valence-corrected chi connectivity index (χ4v) is 2.80. The molecule has 0 aliphatic heterocycles. The highest BCUT2D eigenvalue weighted by molar-refractivity contribution is 9.10. The Labute approximate surface area is 165 Å². The maximum Gasteiger partial charge on any atom is 0.322 e. The van der Waals surface area contributed by atoms with Crippen molar-refractivity contribution in [2.24, 2.45) is 0 Å². The third-order valence-electron chi connectivity index (χ3n) is 3.41. The van der Waals surface area contributed by atoms with E-state index in [0.717, 1.165) is 0 Å². The fraction of sp³-hybridized carbons (Fsp3) is 0.0588. The number of hydrogen-bond acceptors (Lipinski definition) is 6. The molecule has 2 aromatic heterocycles. The van der Waals surface area contributed by atoms with Crippen molar-refractivity contribution in [2.45, 2.75) is 0 Å². The molecule has 1 amide bonds. The SMILES string of the molecule is O=C(O)CNC(=O)c1nc(Br)c2nc(Oc3ccc(Cl)cc3)ccc2c1O. The topological polar surface area (TPSA) is 122 Å². The van der Waals surface area contributed by atoms with Crippen molar-refractivity contribution in [2.75, 3.05) is 6.54 Å². The van der Waals surface area contributed by atoms with Gasteiger partial charge in [-0.3, -0.25) is 9.59 Å². The number of carboxylic acids is 1. The third kappa shape index (κ3) is 4.26. The first-order chi connectivity index (χ1) is 12.8. The van der Waals surface area contributed by atoms with Crippen LogP contribution in [0.5, 0.6) is 17.4 Å². The number of carbonyl (C=O) groups excluding carboxylic acids is 1.